The van der Waals surface area contributed by atoms with Crippen molar-refractivity contribution >= 4 is 23.2 Å². The SMILES string of the molecule is COc1ccc(C(C)=NNC(=O)c2nc[nH]c2C(=O)NN=C(C)c2ccc(OC)cc2OC)c(OC)c1. The molecule has 0 bridgehead atoms. The molecule has 0 unspecified atom stereocenters. The minimum absolute atomic E-state index is 0.0781. The van der Waals surface area contributed by atoms with Crippen LogP contribution in [-0.4, -0.2) is 61.6 Å². The van der Waals surface area contributed by atoms with Gasteiger partial charge in [0, 0.05) is 23.3 Å². The van der Waals surface area contributed by atoms with Gasteiger partial charge in [-0.2, -0.15) is 10.2 Å². The number of carbonyl (C=O) groups is 2. The number of H-pyrrole nitrogens is 1. The molecule has 12 nitrogen and oxygen atoms in total. The zero-order valence-electron chi connectivity index (χ0n) is 21.3. The number of imidazole rings is 1. The number of hydrogen-bond acceptors (Lipinski definition) is 9. The molecule has 3 N–H and O–H groups in total. The number of carbonyl (C=O) groups excluding carboxylic acids is 2. The molecule has 37 heavy (non-hydrogen) atoms. The third-order valence-corrected chi connectivity index (χ3v) is 5.33. The first kappa shape index (κ1) is 26.7. The van der Waals surface area contributed by atoms with Gasteiger partial charge in [0.05, 0.1) is 46.2 Å². The molecule has 0 spiro atoms. The van der Waals surface area contributed by atoms with Gasteiger partial charge in [-0.05, 0) is 38.1 Å². The summed E-state index contributed by atoms with van der Waals surface area (Å²) in [7, 11) is 6.15. The Morgan fingerprint density at radius 1 is 0.757 bits per heavy atom. The third kappa shape index (κ3) is 6.23. The van der Waals surface area contributed by atoms with Crippen molar-refractivity contribution in [3.05, 3.63) is 65.2 Å². The first-order chi connectivity index (χ1) is 17.8. The molecule has 0 radical (unpaired) electrons. The van der Waals surface area contributed by atoms with Gasteiger partial charge in [0.2, 0.25) is 0 Å². The summed E-state index contributed by atoms with van der Waals surface area (Å²) in [5.41, 5.74) is 6.87. The van der Waals surface area contributed by atoms with Gasteiger partial charge in [0.1, 0.15) is 28.7 Å². The molecule has 3 rings (SSSR count). The molecule has 12 heteroatoms. The Kier molecular flexibility index (Phi) is 8.81. The highest BCUT2D eigenvalue weighted by Crippen LogP contribution is 2.26. The van der Waals surface area contributed by atoms with Gasteiger partial charge in [-0.25, -0.2) is 15.8 Å². The first-order valence-electron chi connectivity index (χ1n) is 11.0. The molecule has 0 atom stereocenters. The van der Waals surface area contributed by atoms with Gasteiger partial charge >= 0.3 is 0 Å². The van der Waals surface area contributed by atoms with Crippen LogP contribution in [0.2, 0.25) is 0 Å². The summed E-state index contributed by atoms with van der Waals surface area (Å²) in [6.45, 7) is 3.41. The number of rotatable bonds is 10. The van der Waals surface area contributed by atoms with Gasteiger partial charge in [-0.1, -0.05) is 0 Å². The van der Waals surface area contributed by atoms with Crippen LogP contribution < -0.4 is 29.8 Å². The molecule has 2 amide bonds. The summed E-state index contributed by atoms with van der Waals surface area (Å²) in [5, 5.41) is 8.25. The number of benzene rings is 2. The Morgan fingerprint density at radius 3 is 1.70 bits per heavy atom. The second kappa shape index (κ2) is 12.2. The van der Waals surface area contributed by atoms with Gasteiger partial charge in [-0.15, -0.1) is 0 Å². The van der Waals surface area contributed by atoms with Crippen LogP contribution in [0.1, 0.15) is 46.0 Å². The standard InChI is InChI=1S/C25H28N6O6/c1-14(18-9-7-16(34-3)11-20(18)36-5)28-30-24(32)22-23(27-13-26-22)25(33)31-29-15(2)19-10-8-17(35-4)12-21(19)37-6/h7-13H,1-6H3,(H,26,27)(H,30,32)(H,31,33). The van der Waals surface area contributed by atoms with E-state index in [2.05, 4.69) is 31.0 Å². The molecule has 0 aliphatic heterocycles. The van der Waals surface area contributed by atoms with E-state index in [9.17, 15) is 9.59 Å². The Labute approximate surface area is 213 Å². The van der Waals surface area contributed by atoms with Gasteiger partial charge in [-0.3, -0.25) is 9.59 Å². The quantitative estimate of drug-likeness (QED) is 0.282. The number of hydrogen-bond donors (Lipinski definition) is 3. The number of aromatic nitrogens is 2. The smallest absolute Gasteiger partial charge is 0.292 e. The maximum atomic E-state index is 12.7. The van der Waals surface area contributed by atoms with E-state index in [1.165, 1.54) is 20.5 Å². The van der Waals surface area contributed by atoms with Crippen LogP contribution in [-0.2, 0) is 0 Å². The highest BCUT2D eigenvalue weighted by Gasteiger charge is 2.21. The molecule has 1 heterocycles. The zero-order valence-corrected chi connectivity index (χ0v) is 21.3. The Morgan fingerprint density at radius 2 is 1.24 bits per heavy atom. The number of amides is 2. The van der Waals surface area contributed by atoms with Crippen LogP contribution in [0.25, 0.3) is 0 Å². The lowest BCUT2D eigenvalue weighted by atomic mass is 10.1. The molecular weight excluding hydrogens is 480 g/mol. The zero-order chi connectivity index (χ0) is 26.9. The van der Waals surface area contributed by atoms with Crippen LogP contribution in [0.5, 0.6) is 23.0 Å². The van der Waals surface area contributed by atoms with Crippen LogP contribution >= 0.6 is 0 Å². The number of hydrazone groups is 2. The Bertz CT molecular complexity index is 1250. The normalized spacial score (nSPS) is 11.5. The fraction of sp³-hybridized carbons (Fsp3) is 0.240. The van der Waals surface area contributed by atoms with Crippen LogP contribution in [0.15, 0.2) is 52.9 Å². The molecule has 0 saturated heterocycles. The lowest BCUT2D eigenvalue weighted by molar-refractivity contribution is 0.0915. The number of aromatic amines is 1. The van der Waals surface area contributed by atoms with Crippen molar-refractivity contribution < 1.29 is 28.5 Å². The number of methoxy groups -OCH3 is 4. The van der Waals surface area contributed by atoms with E-state index in [-0.39, 0.29) is 11.4 Å². The van der Waals surface area contributed by atoms with Gasteiger partial charge < -0.3 is 23.9 Å². The minimum Gasteiger partial charge on any atom is -0.497 e. The van der Waals surface area contributed by atoms with Crippen LogP contribution in [0.4, 0.5) is 0 Å². The molecule has 0 saturated carbocycles. The second-order valence-corrected chi connectivity index (χ2v) is 7.53. The molecule has 0 aliphatic rings. The molecule has 2 aromatic carbocycles. The molecule has 0 aliphatic carbocycles. The summed E-state index contributed by atoms with van der Waals surface area (Å²) < 4.78 is 21.1. The summed E-state index contributed by atoms with van der Waals surface area (Å²) in [6.07, 6.45) is 1.23. The number of nitrogens with zero attached hydrogens (tertiary/aromatic N) is 3. The second-order valence-electron chi connectivity index (χ2n) is 7.53. The lowest BCUT2D eigenvalue weighted by Gasteiger charge is -2.10. The van der Waals surface area contributed by atoms with Gasteiger partial charge in [0.25, 0.3) is 11.8 Å². The van der Waals surface area contributed by atoms with E-state index in [0.29, 0.717) is 45.5 Å². The fourth-order valence-electron chi connectivity index (χ4n) is 3.33. The van der Waals surface area contributed by atoms with Gasteiger partial charge in [0.15, 0.2) is 5.69 Å². The number of nitrogens with one attached hydrogen (secondary N) is 3. The summed E-state index contributed by atoms with van der Waals surface area (Å²) >= 11 is 0. The Hall–Kier alpha value is -4.87. The van der Waals surface area contributed by atoms with Crippen molar-refractivity contribution in [3.63, 3.8) is 0 Å². The number of ether oxygens (including phenoxy) is 4. The Balaban J connectivity index is 1.73. The molecule has 1 aromatic heterocycles. The van der Waals surface area contributed by atoms with E-state index in [1.807, 2.05) is 0 Å². The van der Waals surface area contributed by atoms with Crippen molar-refractivity contribution in [2.75, 3.05) is 28.4 Å². The molecule has 0 fully saturated rings. The van der Waals surface area contributed by atoms with Crippen molar-refractivity contribution in [2.24, 2.45) is 10.2 Å². The first-order valence-corrected chi connectivity index (χ1v) is 11.0. The highest BCUT2D eigenvalue weighted by atomic mass is 16.5. The monoisotopic (exact) mass is 508 g/mol. The van der Waals surface area contributed by atoms with Crippen molar-refractivity contribution in [1.29, 1.82) is 0 Å². The van der Waals surface area contributed by atoms with Crippen LogP contribution in [0, 0.1) is 0 Å². The maximum absolute atomic E-state index is 12.7. The maximum Gasteiger partial charge on any atom is 0.292 e. The van der Waals surface area contributed by atoms with Crippen molar-refractivity contribution in [1.82, 2.24) is 20.8 Å². The lowest BCUT2D eigenvalue weighted by Crippen LogP contribution is -2.26. The average molecular weight is 509 g/mol. The summed E-state index contributed by atoms with van der Waals surface area (Å²) in [4.78, 5) is 32.1. The largest absolute Gasteiger partial charge is 0.497 e. The topological polar surface area (TPSA) is 149 Å². The average Bonchev–Trinajstić information content (AvgIpc) is 3.43. The molecule has 3 aromatic rings. The fourth-order valence-corrected chi connectivity index (χ4v) is 3.33. The summed E-state index contributed by atoms with van der Waals surface area (Å²) in [6, 6.07) is 10.4. The minimum atomic E-state index is -0.684. The third-order valence-electron chi connectivity index (χ3n) is 5.33. The predicted octanol–water partition coefficient (Wildman–Crippen LogP) is 2.75. The van der Waals surface area contributed by atoms with E-state index in [4.69, 9.17) is 18.9 Å². The van der Waals surface area contributed by atoms with E-state index in [1.54, 1.807) is 64.5 Å². The van der Waals surface area contributed by atoms with Crippen molar-refractivity contribution in [3.8, 4) is 23.0 Å². The molecule has 194 valence electrons. The van der Waals surface area contributed by atoms with E-state index in [0.717, 1.165) is 0 Å². The summed E-state index contributed by atoms with van der Waals surface area (Å²) in [5.74, 6) is 0.944. The molecular formula is C25H28N6O6. The van der Waals surface area contributed by atoms with Crippen LogP contribution in [0.3, 0.4) is 0 Å². The van der Waals surface area contributed by atoms with Crippen molar-refractivity contribution in [2.45, 2.75) is 13.8 Å². The highest BCUT2D eigenvalue weighted by molar-refractivity contribution is 6.07. The van der Waals surface area contributed by atoms with E-state index < -0.39 is 11.8 Å². The predicted molar refractivity (Wildman–Crippen MR) is 137 cm³/mol. The van der Waals surface area contributed by atoms with E-state index >= 15 is 0 Å².